The van der Waals surface area contributed by atoms with Gasteiger partial charge in [-0.15, -0.1) is 0 Å². The van der Waals surface area contributed by atoms with E-state index in [2.05, 4.69) is 12.2 Å². The Hall–Kier alpha value is -0.280. The van der Waals surface area contributed by atoms with Gasteiger partial charge in [-0.25, -0.2) is 0 Å². The fraction of sp³-hybridized carbons (Fsp3) is 0.571. The number of nitrogens with one attached hydrogen (secondary N) is 1. The van der Waals surface area contributed by atoms with Gasteiger partial charge in [0.1, 0.15) is 0 Å². The van der Waals surface area contributed by atoms with E-state index in [-0.39, 0.29) is 6.04 Å². The summed E-state index contributed by atoms with van der Waals surface area (Å²) >= 11 is 12.1. The van der Waals surface area contributed by atoms with Gasteiger partial charge in [-0.05, 0) is 49.9 Å². The number of rotatable bonds is 5. The first kappa shape index (κ1) is 14.1. The maximum atomic E-state index is 6.19. The number of hydrogen-bond acceptors (Lipinski definition) is 2. The molecule has 2 unspecified atom stereocenters. The molecule has 0 saturated carbocycles. The van der Waals surface area contributed by atoms with E-state index in [0.717, 1.165) is 36.8 Å². The maximum Gasteiger partial charge on any atom is 0.0495 e. The van der Waals surface area contributed by atoms with E-state index >= 15 is 0 Å². The van der Waals surface area contributed by atoms with Crippen LogP contribution in [0.4, 0.5) is 0 Å². The lowest BCUT2D eigenvalue weighted by atomic mass is 10.0. The lowest BCUT2D eigenvalue weighted by Gasteiger charge is -2.17. The molecule has 18 heavy (non-hydrogen) atoms. The van der Waals surface area contributed by atoms with Crippen molar-refractivity contribution in [2.24, 2.45) is 5.92 Å². The largest absolute Gasteiger partial charge is 0.381 e. The molecule has 1 aliphatic rings. The second-order valence-electron chi connectivity index (χ2n) is 4.86. The zero-order chi connectivity index (χ0) is 13.0. The van der Waals surface area contributed by atoms with Crippen LogP contribution < -0.4 is 5.32 Å². The summed E-state index contributed by atoms with van der Waals surface area (Å²) in [5.41, 5.74) is 1.10. The number of benzene rings is 1. The van der Waals surface area contributed by atoms with Crippen molar-refractivity contribution >= 4 is 23.2 Å². The molecule has 1 aromatic rings. The van der Waals surface area contributed by atoms with Crippen LogP contribution in [0.3, 0.4) is 0 Å². The summed E-state index contributed by atoms with van der Waals surface area (Å²) in [4.78, 5) is 0. The minimum atomic E-state index is 0.247. The average molecular weight is 288 g/mol. The van der Waals surface area contributed by atoms with Gasteiger partial charge >= 0.3 is 0 Å². The van der Waals surface area contributed by atoms with E-state index in [9.17, 15) is 0 Å². The van der Waals surface area contributed by atoms with Gasteiger partial charge in [-0.3, -0.25) is 0 Å². The standard InChI is InChI=1S/C14H19Cl2NO/c1-10(13-3-2-12(15)8-14(13)16)17-6-4-11-5-7-18-9-11/h2-3,8,10-11,17H,4-7,9H2,1H3. The second kappa shape index (κ2) is 6.76. The number of hydrogen-bond donors (Lipinski definition) is 1. The first-order chi connectivity index (χ1) is 8.66. The van der Waals surface area contributed by atoms with Gasteiger partial charge in [0.15, 0.2) is 0 Å². The first-order valence-electron chi connectivity index (χ1n) is 6.43. The summed E-state index contributed by atoms with van der Waals surface area (Å²) in [6.45, 7) is 4.95. The zero-order valence-electron chi connectivity index (χ0n) is 10.6. The second-order valence-corrected chi connectivity index (χ2v) is 5.70. The molecule has 0 spiro atoms. The number of halogens is 2. The Morgan fingerprint density at radius 1 is 1.44 bits per heavy atom. The molecule has 2 nitrogen and oxygen atoms in total. The third-order valence-corrected chi connectivity index (χ3v) is 4.02. The topological polar surface area (TPSA) is 21.3 Å². The Bertz CT molecular complexity index is 391. The Morgan fingerprint density at radius 3 is 2.94 bits per heavy atom. The maximum absolute atomic E-state index is 6.19. The van der Waals surface area contributed by atoms with Crippen LogP contribution in [0, 0.1) is 5.92 Å². The molecular weight excluding hydrogens is 269 g/mol. The summed E-state index contributed by atoms with van der Waals surface area (Å²) in [6, 6.07) is 5.91. The molecular formula is C14H19Cl2NO. The Morgan fingerprint density at radius 2 is 2.28 bits per heavy atom. The van der Waals surface area contributed by atoms with Gasteiger partial charge in [-0.2, -0.15) is 0 Å². The number of ether oxygens (including phenoxy) is 1. The summed E-state index contributed by atoms with van der Waals surface area (Å²) in [6.07, 6.45) is 2.35. The van der Waals surface area contributed by atoms with Gasteiger partial charge in [0.25, 0.3) is 0 Å². The van der Waals surface area contributed by atoms with Crippen molar-refractivity contribution in [2.75, 3.05) is 19.8 Å². The lowest BCUT2D eigenvalue weighted by molar-refractivity contribution is 0.184. The van der Waals surface area contributed by atoms with E-state index in [4.69, 9.17) is 27.9 Å². The van der Waals surface area contributed by atoms with Crippen molar-refractivity contribution in [3.05, 3.63) is 33.8 Å². The zero-order valence-corrected chi connectivity index (χ0v) is 12.1. The normalized spacial score (nSPS) is 21.2. The highest BCUT2D eigenvalue weighted by atomic mass is 35.5. The molecule has 4 heteroatoms. The van der Waals surface area contributed by atoms with Crippen molar-refractivity contribution < 1.29 is 4.74 Å². The summed E-state index contributed by atoms with van der Waals surface area (Å²) < 4.78 is 5.37. The molecule has 1 heterocycles. The van der Waals surface area contributed by atoms with Crippen molar-refractivity contribution in [1.29, 1.82) is 0 Å². The highest BCUT2D eigenvalue weighted by molar-refractivity contribution is 6.35. The molecule has 0 bridgehead atoms. The van der Waals surface area contributed by atoms with Crippen molar-refractivity contribution in [1.82, 2.24) is 5.32 Å². The molecule has 0 radical (unpaired) electrons. The van der Waals surface area contributed by atoms with Gasteiger partial charge in [0.05, 0.1) is 0 Å². The first-order valence-corrected chi connectivity index (χ1v) is 7.18. The van der Waals surface area contributed by atoms with Crippen LogP contribution in [-0.2, 0) is 4.74 Å². The third kappa shape index (κ3) is 3.86. The monoisotopic (exact) mass is 287 g/mol. The van der Waals surface area contributed by atoms with Crippen LogP contribution >= 0.6 is 23.2 Å². The highest BCUT2D eigenvalue weighted by Crippen LogP contribution is 2.26. The van der Waals surface area contributed by atoms with Crippen LogP contribution in [0.1, 0.15) is 31.4 Å². The average Bonchev–Trinajstić information content (AvgIpc) is 2.81. The van der Waals surface area contributed by atoms with E-state index < -0.39 is 0 Å². The fourth-order valence-electron chi connectivity index (χ4n) is 2.28. The fourth-order valence-corrected chi connectivity index (χ4v) is 2.85. The minimum Gasteiger partial charge on any atom is -0.381 e. The molecule has 1 aliphatic heterocycles. The van der Waals surface area contributed by atoms with E-state index in [1.165, 1.54) is 6.42 Å². The van der Waals surface area contributed by atoms with Gasteiger partial charge in [-0.1, -0.05) is 29.3 Å². The summed E-state index contributed by atoms with van der Waals surface area (Å²) in [7, 11) is 0. The Balaban J connectivity index is 1.81. The summed E-state index contributed by atoms with van der Waals surface area (Å²) in [5.74, 6) is 0.713. The van der Waals surface area contributed by atoms with Crippen molar-refractivity contribution in [2.45, 2.75) is 25.8 Å². The van der Waals surface area contributed by atoms with E-state index in [1.54, 1.807) is 6.07 Å². The highest BCUT2D eigenvalue weighted by Gasteiger charge is 2.16. The SMILES string of the molecule is CC(NCCC1CCOC1)c1ccc(Cl)cc1Cl. The predicted octanol–water partition coefficient (Wildman–Crippen LogP) is 4.07. The molecule has 1 aromatic carbocycles. The van der Waals surface area contributed by atoms with Crippen LogP contribution in [0.2, 0.25) is 10.0 Å². The van der Waals surface area contributed by atoms with Gasteiger partial charge < -0.3 is 10.1 Å². The van der Waals surface area contributed by atoms with E-state index in [0.29, 0.717) is 10.9 Å². The van der Waals surface area contributed by atoms with Crippen molar-refractivity contribution in [3.63, 3.8) is 0 Å². The Kier molecular flexibility index (Phi) is 5.31. The van der Waals surface area contributed by atoms with E-state index in [1.807, 2.05) is 12.1 Å². The smallest absolute Gasteiger partial charge is 0.0495 e. The minimum absolute atomic E-state index is 0.247. The third-order valence-electron chi connectivity index (χ3n) is 3.46. The van der Waals surface area contributed by atoms with Crippen LogP contribution in [0.5, 0.6) is 0 Å². The molecule has 2 rings (SSSR count). The lowest BCUT2D eigenvalue weighted by Crippen LogP contribution is -2.22. The molecule has 0 aromatic heterocycles. The van der Waals surface area contributed by atoms with Crippen LogP contribution in [0.25, 0.3) is 0 Å². The van der Waals surface area contributed by atoms with Gasteiger partial charge in [0.2, 0.25) is 0 Å². The molecule has 2 atom stereocenters. The molecule has 1 N–H and O–H groups in total. The molecule has 0 aliphatic carbocycles. The van der Waals surface area contributed by atoms with Gasteiger partial charge in [0, 0.05) is 29.3 Å². The Labute approximate surface area is 119 Å². The molecule has 1 saturated heterocycles. The molecule has 1 fully saturated rings. The van der Waals surface area contributed by atoms with Crippen LogP contribution in [-0.4, -0.2) is 19.8 Å². The van der Waals surface area contributed by atoms with Crippen molar-refractivity contribution in [3.8, 4) is 0 Å². The van der Waals surface area contributed by atoms with Crippen LogP contribution in [0.15, 0.2) is 18.2 Å². The predicted molar refractivity (Wildman–Crippen MR) is 76.4 cm³/mol. The summed E-state index contributed by atoms with van der Waals surface area (Å²) in [5, 5.41) is 4.91. The molecule has 100 valence electrons. The molecule has 0 amide bonds. The quantitative estimate of drug-likeness (QED) is 0.881.